The molecule has 0 amide bonds. The average molecular weight is 384 g/mol. The Labute approximate surface area is 163 Å². The number of pyridine rings is 1. The Hall–Kier alpha value is -2.50. The summed E-state index contributed by atoms with van der Waals surface area (Å²) in [5.41, 5.74) is 3.09. The first-order valence-corrected chi connectivity index (χ1v) is 9.47. The van der Waals surface area contributed by atoms with Gasteiger partial charge in [-0.1, -0.05) is 29.8 Å². The summed E-state index contributed by atoms with van der Waals surface area (Å²) in [6.07, 6.45) is 1.77. The van der Waals surface area contributed by atoms with Crippen molar-refractivity contribution in [3.8, 4) is 17.0 Å². The van der Waals surface area contributed by atoms with Gasteiger partial charge in [-0.3, -0.25) is 0 Å². The lowest BCUT2D eigenvalue weighted by molar-refractivity contribution is 0.291. The quantitative estimate of drug-likeness (QED) is 0.712. The van der Waals surface area contributed by atoms with Gasteiger partial charge in [0.2, 0.25) is 5.88 Å². The second-order valence-electron chi connectivity index (χ2n) is 6.55. The number of furan rings is 1. The number of piperazine rings is 1. The van der Waals surface area contributed by atoms with E-state index in [4.69, 9.17) is 20.8 Å². The molecule has 6 heteroatoms. The van der Waals surface area contributed by atoms with Crippen LogP contribution in [0.15, 0.2) is 53.1 Å². The Morgan fingerprint density at radius 1 is 1.15 bits per heavy atom. The number of ether oxygens (including phenoxy) is 1. The van der Waals surface area contributed by atoms with Crippen LogP contribution in [0.5, 0.6) is 5.88 Å². The summed E-state index contributed by atoms with van der Waals surface area (Å²) in [7, 11) is 0. The lowest BCUT2D eigenvalue weighted by atomic mass is 10.0. The number of nitrogens with zero attached hydrogens (tertiary/aromatic N) is 2. The summed E-state index contributed by atoms with van der Waals surface area (Å²) in [5, 5.41) is 4.07. The molecule has 2 aromatic heterocycles. The summed E-state index contributed by atoms with van der Waals surface area (Å²) in [4.78, 5) is 6.94. The van der Waals surface area contributed by atoms with Crippen molar-refractivity contribution in [2.24, 2.45) is 0 Å². The molecule has 1 aliphatic heterocycles. The maximum atomic E-state index is 6.01. The van der Waals surface area contributed by atoms with Gasteiger partial charge in [0.25, 0.3) is 0 Å². The molecule has 0 atom stereocenters. The summed E-state index contributed by atoms with van der Waals surface area (Å²) < 4.78 is 11.6. The molecular weight excluding hydrogens is 362 g/mol. The summed E-state index contributed by atoms with van der Waals surface area (Å²) in [5.74, 6) is 2.42. The smallest absolute Gasteiger partial charge is 0.215 e. The highest BCUT2D eigenvalue weighted by Crippen LogP contribution is 2.30. The van der Waals surface area contributed by atoms with Crippen LogP contribution in [0.1, 0.15) is 11.3 Å². The van der Waals surface area contributed by atoms with Crippen LogP contribution < -0.4 is 15.0 Å². The number of rotatable bonds is 5. The largest absolute Gasteiger partial charge is 0.473 e. The highest BCUT2D eigenvalue weighted by Gasteiger charge is 2.15. The first-order chi connectivity index (χ1) is 13.2. The van der Waals surface area contributed by atoms with Crippen molar-refractivity contribution >= 4 is 17.4 Å². The first kappa shape index (κ1) is 17.9. The Morgan fingerprint density at radius 3 is 2.70 bits per heavy atom. The zero-order valence-corrected chi connectivity index (χ0v) is 16.0. The molecule has 0 spiro atoms. The van der Waals surface area contributed by atoms with Gasteiger partial charge in [-0.25, -0.2) is 0 Å². The molecule has 0 radical (unpaired) electrons. The number of nitrogens with one attached hydrogen (secondary N) is 1. The minimum Gasteiger partial charge on any atom is -0.473 e. The number of hydrogen-bond acceptors (Lipinski definition) is 5. The third kappa shape index (κ3) is 4.10. The van der Waals surface area contributed by atoms with Gasteiger partial charge in [0.15, 0.2) is 0 Å². The molecule has 0 unspecified atom stereocenters. The maximum absolute atomic E-state index is 6.01. The molecule has 1 saturated heterocycles. The van der Waals surface area contributed by atoms with Gasteiger partial charge in [0.1, 0.15) is 18.2 Å². The number of aryl methyl sites for hydroxylation is 1. The van der Waals surface area contributed by atoms with Crippen molar-refractivity contribution in [2.45, 2.75) is 13.5 Å². The molecule has 5 nitrogen and oxygen atoms in total. The Kier molecular flexibility index (Phi) is 5.32. The van der Waals surface area contributed by atoms with Crippen LogP contribution in [0, 0.1) is 6.92 Å². The van der Waals surface area contributed by atoms with Gasteiger partial charge < -0.3 is 19.4 Å². The minimum absolute atomic E-state index is 0.401. The van der Waals surface area contributed by atoms with Crippen LogP contribution in [0.25, 0.3) is 11.1 Å². The number of benzene rings is 1. The highest BCUT2D eigenvalue weighted by atomic mass is 35.5. The molecule has 0 aliphatic carbocycles. The van der Waals surface area contributed by atoms with Gasteiger partial charge in [-0.05, 0) is 30.7 Å². The fourth-order valence-electron chi connectivity index (χ4n) is 3.23. The van der Waals surface area contributed by atoms with E-state index in [2.05, 4.69) is 15.2 Å². The molecule has 1 aromatic carbocycles. The maximum Gasteiger partial charge on any atom is 0.215 e. The van der Waals surface area contributed by atoms with E-state index in [0.717, 1.165) is 54.4 Å². The van der Waals surface area contributed by atoms with Crippen LogP contribution in [0.2, 0.25) is 5.02 Å². The summed E-state index contributed by atoms with van der Waals surface area (Å²) in [6, 6.07) is 13.6. The van der Waals surface area contributed by atoms with Crippen LogP contribution in [0.3, 0.4) is 0 Å². The molecule has 1 N–H and O–H groups in total. The van der Waals surface area contributed by atoms with E-state index >= 15 is 0 Å². The van der Waals surface area contributed by atoms with Gasteiger partial charge in [0.05, 0.1) is 6.26 Å². The fourth-order valence-corrected chi connectivity index (χ4v) is 3.36. The van der Waals surface area contributed by atoms with Gasteiger partial charge in [-0.15, -0.1) is 0 Å². The predicted molar refractivity (Wildman–Crippen MR) is 108 cm³/mol. The molecule has 3 heterocycles. The van der Waals surface area contributed by atoms with E-state index < -0.39 is 0 Å². The number of hydrogen-bond donors (Lipinski definition) is 1. The van der Waals surface area contributed by atoms with Crippen molar-refractivity contribution in [1.82, 2.24) is 10.3 Å². The monoisotopic (exact) mass is 383 g/mol. The van der Waals surface area contributed by atoms with Crippen molar-refractivity contribution in [2.75, 3.05) is 31.1 Å². The molecule has 27 heavy (non-hydrogen) atoms. The summed E-state index contributed by atoms with van der Waals surface area (Å²) >= 11 is 6.00. The molecular formula is C21H22ClN3O2. The van der Waals surface area contributed by atoms with Gasteiger partial charge in [-0.2, -0.15) is 4.98 Å². The minimum atomic E-state index is 0.401. The van der Waals surface area contributed by atoms with Crippen molar-refractivity contribution in [3.63, 3.8) is 0 Å². The normalized spacial score (nSPS) is 14.4. The van der Waals surface area contributed by atoms with Gasteiger partial charge in [0, 0.05) is 48.4 Å². The van der Waals surface area contributed by atoms with E-state index in [1.165, 1.54) is 0 Å². The highest BCUT2D eigenvalue weighted by molar-refractivity contribution is 6.30. The Bertz CT molecular complexity index is 902. The fraction of sp³-hybridized carbons (Fsp3) is 0.286. The number of halogens is 1. The molecule has 3 aromatic rings. The van der Waals surface area contributed by atoms with Crippen molar-refractivity contribution < 1.29 is 9.15 Å². The molecule has 0 bridgehead atoms. The first-order valence-electron chi connectivity index (χ1n) is 9.09. The molecule has 4 rings (SSSR count). The SMILES string of the molecule is Cc1occ(-c2ccc(Cl)cc2)c1COc1cccc(N2CCNCC2)n1. The van der Waals surface area contributed by atoms with E-state index in [9.17, 15) is 0 Å². The van der Waals surface area contributed by atoms with Crippen LogP contribution in [-0.2, 0) is 6.61 Å². The third-order valence-electron chi connectivity index (χ3n) is 4.77. The van der Waals surface area contributed by atoms with Gasteiger partial charge >= 0.3 is 0 Å². The lowest BCUT2D eigenvalue weighted by Crippen LogP contribution is -2.43. The standard InChI is InChI=1S/C21H22ClN3O2/c1-15-18(19(14-26-15)16-5-7-17(22)8-6-16)13-27-21-4-2-3-20(24-21)25-11-9-23-10-12-25/h2-8,14,23H,9-13H2,1H3. The van der Waals surface area contributed by atoms with Crippen LogP contribution in [0.4, 0.5) is 5.82 Å². The third-order valence-corrected chi connectivity index (χ3v) is 5.03. The predicted octanol–water partition coefficient (Wildman–Crippen LogP) is 4.29. The lowest BCUT2D eigenvalue weighted by Gasteiger charge is -2.28. The average Bonchev–Trinajstić information content (AvgIpc) is 3.08. The van der Waals surface area contributed by atoms with Crippen LogP contribution in [-0.4, -0.2) is 31.2 Å². The van der Waals surface area contributed by atoms with E-state index in [1.807, 2.05) is 49.4 Å². The molecule has 0 saturated carbocycles. The van der Waals surface area contributed by atoms with Crippen molar-refractivity contribution in [1.29, 1.82) is 0 Å². The van der Waals surface area contributed by atoms with Crippen molar-refractivity contribution in [3.05, 3.63) is 65.1 Å². The van der Waals surface area contributed by atoms with E-state index in [-0.39, 0.29) is 0 Å². The topological polar surface area (TPSA) is 50.5 Å². The van der Waals surface area contributed by atoms with E-state index in [0.29, 0.717) is 17.5 Å². The number of anilines is 1. The zero-order chi connectivity index (χ0) is 18.6. The summed E-state index contributed by atoms with van der Waals surface area (Å²) in [6.45, 7) is 6.22. The zero-order valence-electron chi connectivity index (χ0n) is 15.2. The van der Waals surface area contributed by atoms with E-state index in [1.54, 1.807) is 6.26 Å². The van der Waals surface area contributed by atoms with Crippen LogP contribution >= 0.6 is 11.6 Å². The molecule has 1 aliphatic rings. The molecule has 140 valence electrons. The Morgan fingerprint density at radius 2 is 1.93 bits per heavy atom. The second kappa shape index (κ2) is 8.03. The number of aromatic nitrogens is 1. The molecule has 1 fully saturated rings. The second-order valence-corrected chi connectivity index (χ2v) is 6.99. The Balaban J connectivity index is 1.51.